The minimum absolute atomic E-state index is 0.00522. The maximum absolute atomic E-state index is 15.0. The summed E-state index contributed by atoms with van der Waals surface area (Å²) >= 11 is 0. The molecule has 2 saturated heterocycles. The average molecular weight is 727 g/mol. The Balaban J connectivity index is 1.42. The van der Waals surface area contributed by atoms with Gasteiger partial charge in [0.25, 0.3) is 5.91 Å². The van der Waals surface area contributed by atoms with Crippen LogP contribution in [-0.2, 0) is 24.7 Å². The van der Waals surface area contributed by atoms with Gasteiger partial charge >= 0.3 is 0 Å². The van der Waals surface area contributed by atoms with E-state index in [0.29, 0.717) is 42.9 Å². The van der Waals surface area contributed by atoms with Gasteiger partial charge in [0.2, 0.25) is 11.8 Å². The van der Waals surface area contributed by atoms with Crippen molar-refractivity contribution >= 4 is 43.1 Å². The highest BCUT2D eigenvalue weighted by molar-refractivity contribution is 6.71. The van der Waals surface area contributed by atoms with Crippen molar-refractivity contribution in [1.82, 2.24) is 4.90 Å². The van der Waals surface area contributed by atoms with Crippen LogP contribution in [0.15, 0.2) is 76.9 Å². The third kappa shape index (κ3) is 7.20. The lowest BCUT2D eigenvalue weighted by molar-refractivity contribution is -0.149. The number of ether oxygens (including phenoxy) is 1. The number of nitrogens with zero attached hydrogens (tertiary/aromatic N) is 4. The normalized spacial score (nSPS) is 26.3. The number of anilines is 2. The van der Waals surface area contributed by atoms with Gasteiger partial charge in [0.05, 0.1) is 42.3 Å². The number of aliphatic hydroxyl groups is 1. The maximum atomic E-state index is 15.0. The molecule has 0 aromatic heterocycles. The molecule has 2 fully saturated rings. The van der Waals surface area contributed by atoms with E-state index in [2.05, 4.69) is 32.9 Å². The number of hydrogen-bond donors (Lipinski definition) is 2. The molecule has 3 amide bonds. The van der Waals surface area contributed by atoms with E-state index in [9.17, 15) is 19.5 Å². The van der Waals surface area contributed by atoms with Gasteiger partial charge in [-0.25, -0.2) is 5.01 Å². The van der Waals surface area contributed by atoms with Crippen molar-refractivity contribution in [3.05, 3.63) is 83.0 Å². The summed E-state index contributed by atoms with van der Waals surface area (Å²) in [4.78, 5) is 57.5. The monoisotopic (exact) mass is 726 g/mol. The summed E-state index contributed by atoms with van der Waals surface area (Å²) in [6.45, 7) is 12.7. The predicted molar refractivity (Wildman–Crippen MR) is 207 cm³/mol. The number of fused-ring (bicyclic) bond motifs is 2. The van der Waals surface area contributed by atoms with E-state index in [0.717, 1.165) is 37.0 Å². The minimum atomic E-state index is -3.03. The van der Waals surface area contributed by atoms with Gasteiger partial charge in [0.15, 0.2) is 13.9 Å². The van der Waals surface area contributed by atoms with Crippen molar-refractivity contribution in [2.45, 2.75) is 109 Å². The zero-order chi connectivity index (χ0) is 37.4. The Morgan fingerprint density at radius 3 is 2.52 bits per heavy atom. The zero-order valence-electron chi connectivity index (χ0n) is 31.5. The molecule has 6 rings (SSSR count). The quantitative estimate of drug-likeness (QED) is 0.203. The van der Waals surface area contributed by atoms with Crippen LogP contribution in [0.1, 0.15) is 83.8 Å². The van der Waals surface area contributed by atoms with E-state index >= 15 is 4.79 Å². The molecule has 278 valence electrons. The van der Waals surface area contributed by atoms with Crippen molar-refractivity contribution in [3.63, 3.8) is 0 Å². The predicted octanol–water partition coefficient (Wildman–Crippen LogP) is 6.43. The molecule has 11 heteroatoms. The van der Waals surface area contributed by atoms with Crippen molar-refractivity contribution in [3.8, 4) is 0 Å². The number of likely N-dealkylation sites (tertiary alicyclic amines) is 1. The SMILES string of the molecule is CC(C)=CCC/C(C)=C/CN1C(=O)[C@]2(O[C@H](CC(=O)N3CCC[C@H]3CO)[C@@H]([Si](C)(C)O)[C@@H]2C)c2cc(N3N=C(c4ccccc4)CCC3=O)ccc21. The Kier molecular flexibility index (Phi) is 11.1. The van der Waals surface area contributed by atoms with Crippen LogP contribution in [0.4, 0.5) is 11.4 Å². The van der Waals surface area contributed by atoms with E-state index in [4.69, 9.17) is 9.84 Å². The fourth-order valence-electron chi connectivity index (χ4n) is 8.75. The van der Waals surface area contributed by atoms with Gasteiger partial charge in [-0.05, 0) is 83.3 Å². The maximum Gasteiger partial charge on any atom is 0.264 e. The van der Waals surface area contributed by atoms with Crippen molar-refractivity contribution in [2.24, 2.45) is 11.0 Å². The second kappa shape index (κ2) is 15.2. The van der Waals surface area contributed by atoms with E-state index in [1.54, 1.807) is 9.80 Å². The lowest BCUT2D eigenvalue weighted by atomic mass is 9.82. The molecule has 10 nitrogen and oxygen atoms in total. The highest BCUT2D eigenvalue weighted by Crippen LogP contribution is 2.60. The summed E-state index contributed by atoms with van der Waals surface area (Å²) < 4.78 is 6.99. The first-order valence-electron chi connectivity index (χ1n) is 18.8. The zero-order valence-corrected chi connectivity index (χ0v) is 32.5. The van der Waals surface area contributed by atoms with Gasteiger partial charge in [-0.3, -0.25) is 14.4 Å². The van der Waals surface area contributed by atoms with Crippen molar-refractivity contribution in [2.75, 3.05) is 29.6 Å². The van der Waals surface area contributed by atoms with Crippen LogP contribution < -0.4 is 9.91 Å². The number of hydrogen-bond acceptors (Lipinski definition) is 7. The molecule has 4 heterocycles. The van der Waals surface area contributed by atoms with Gasteiger partial charge in [-0.15, -0.1) is 0 Å². The van der Waals surface area contributed by atoms with Crippen LogP contribution >= 0.6 is 0 Å². The van der Waals surface area contributed by atoms with E-state index in [1.165, 1.54) is 16.2 Å². The van der Waals surface area contributed by atoms with Gasteiger partial charge < -0.3 is 24.4 Å². The van der Waals surface area contributed by atoms with E-state index in [1.807, 2.05) is 68.5 Å². The first-order chi connectivity index (χ1) is 24.8. The van der Waals surface area contributed by atoms with Crippen LogP contribution in [0.2, 0.25) is 18.6 Å². The minimum Gasteiger partial charge on any atom is -0.432 e. The molecule has 5 atom stereocenters. The topological polar surface area (TPSA) is 123 Å². The molecule has 4 aliphatic rings. The van der Waals surface area contributed by atoms with Crippen LogP contribution in [-0.4, -0.2) is 78.4 Å². The molecule has 0 aliphatic carbocycles. The lowest BCUT2D eigenvalue weighted by Crippen LogP contribution is -2.46. The first-order valence-corrected chi connectivity index (χ1v) is 21.8. The molecule has 2 N–H and O–H groups in total. The number of aliphatic hydroxyl groups excluding tert-OH is 1. The Hall–Kier alpha value is -3.90. The number of carbonyl (C=O) groups is 3. The average Bonchev–Trinajstić information content (AvgIpc) is 3.77. The van der Waals surface area contributed by atoms with E-state index < -0.39 is 31.5 Å². The van der Waals surface area contributed by atoms with Gasteiger partial charge in [-0.1, -0.05) is 60.6 Å². The van der Waals surface area contributed by atoms with Gasteiger partial charge in [0.1, 0.15) is 0 Å². The molecule has 0 saturated carbocycles. The molecule has 0 bridgehead atoms. The second-order valence-electron chi connectivity index (χ2n) is 15.7. The Morgan fingerprint density at radius 2 is 1.83 bits per heavy atom. The Labute approximate surface area is 309 Å². The van der Waals surface area contributed by atoms with Gasteiger partial charge in [0, 0.05) is 43.0 Å². The Bertz CT molecular complexity index is 1780. The number of carbonyl (C=O) groups excluding carboxylic acids is 3. The summed E-state index contributed by atoms with van der Waals surface area (Å²) in [5, 5.41) is 16.2. The molecule has 1 spiro atoms. The number of rotatable bonds is 11. The molecular formula is C41H54N4O6Si. The number of allylic oxidation sites excluding steroid dienone is 3. The van der Waals surface area contributed by atoms with E-state index in [-0.39, 0.29) is 36.8 Å². The highest BCUT2D eigenvalue weighted by atomic mass is 28.4. The number of amides is 3. The molecule has 52 heavy (non-hydrogen) atoms. The van der Waals surface area contributed by atoms with Crippen molar-refractivity contribution in [1.29, 1.82) is 0 Å². The first kappa shape index (κ1) is 37.8. The fourth-order valence-corrected chi connectivity index (χ4v) is 11.3. The Morgan fingerprint density at radius 1 is 1.08 bits per heavy atom. The third-order valence-corrected chi connectivity index (χ3v) is 13.9. The smallest absolute Gasteiger partial charge is 0.264 e. The van der Waals surface area contributed by atoms with Crippen LogP contribution in [0.3, 0.4) is 0 Å². The summed E-state index contributed by atoms with van der Waals surface area (Å²) in [5.41, 5.74) is 4.12. The third-order valence-electron chi connectivity index (χ3n) is 11.3. The molecule has 4 aliphatic heterocycles. The second-order valence-corrected chi connectivity index (χ2v) is 19.7. The summed E-state index contributed by atoms with van der Waals surface area (Å²) in [5.74, 6) is -0.980. The number of hydrazone groups is 1. The standard InChI is InChI=1S/C41H54N4O6Si/c1-27(2)12-10-13-28(3)21-23-44-35-19-17-31(45-37(47)20-18-34(42-45)30-14-8-7-9-15-30)24-33(35)41(40(44)49)29(4)39(52(5,6)50)36(51-41)25-38(48)43-22-11-16-32(43)26-46/h7-9,12,14-15,17,19,21,24,29,32,36,39,46,50H,10-11,13,16,18,20,22-23,25-26H2,1-6H3/b28-21+/t29-,32-,36+,39-,41+/m0/s1. The lowest BCUT2D eigenvalue weighted by Gasteiger charge is -2.33. The number of benzene rings is 2. The van der Waals surface area contributed by atoms with Crippen LogP contribution in [0.25, 0.3) is 0 Å². The van der Waals surface area contributed by atoms with Crippen molar-refractivity contribution < 1.29 is 29.0 Å². The van der Waals surface area contributed by atoms with Gasteiger partial charge in [-0.2, -0.15) is 5.10 Å². The largest absolute Gasteiger partial charge is 0.432 e. The molecular weight excluding hydrogens is 673 g/mol. The molecule has 0 unspecified atom stereocenters. The fraction of sp³-hybridized carbons (Fsp3) is 0.512. The summed E-state index contributed by atoms with van der Waals surface area (Å²) in [7, 11) is -3.03. The highest BCUT2D eigenvalue weighted by Gasteiger charge is 2.66. The molecule has 2 aromatic carbocycles. The summed E-state index contributed by atoms with van der Waals surface area (Å²) in [6, 6.07) is 15.2. The molecule has 2 aromatic rings. The molecule has 0 radical (unpaired) electrons. The summed E-state index contributed by atoms with van der Waals surface area (Å²) in [6.07, 6.45) is 7.77. The van der Waals surface area contributed by atoms with Crippen LogP contribution in [0.5, 0.6) is 0 Å². The van der Waals surface area contributed by atoms with Crippen LogP contribution in [0, 0.1) is 5.92 Å².